The lowest BCUT2D eigenvalue weighted by Crippen LogP contribution is -2.51. The van der Waals surface area contributed by atoms with Crippen LogP contribution in [0.1, 0.15) is 46.1 Å². The highest BCUT2D eigenvalue weighted by molar-refractivity contribution is 5.27. The maximum absolute atomic E-state index is 4.30. The maximum Gasteiger partial charge on any atom is 0.0306 e. The Balaban J connectivity index is 2.10. The zero-order valence-electron chi connectivity index (χ0n) is 12.1. The molecule has 1 saturated carbocycles. The van der Waals surface area contributed by atoms with Crippen molar-refractivity contribution in [2.75, 3.05) is 6.54 Å². The summed E-state index contributed by atoms with van der Waals surface area (Å²) in [5.41, 5.74) is 1.74. The Morgan fingerprint density at radius 1 is 1.33 bits per heavy atom. The molecule has 0 saturated heterocycles. The fourth-order valence-electron chi connectivity index (χ4n) is 2.97. The van der Waals surface area contributed by atoms with Gasteiger partial charge < -0.3 is 5.32 Å². The number of nitrogens with one attached hydrogen (secondary N) is 1. The van der Waals surface area contributed by atoms with Crippen LogP contribution in [0.15, 0.2) is 24.5 Å². The van der Waals surface area contributed by atoms with Gasteiger partial charge in [-0.2, -0.15) is 0 Å². The minimum Gasteiger partial charge on any atom is -0.314 e. The topological polar surface area (TPSA) is 24.9 Å². The molecule has 1 N–H and O–H groups in total. The fourth-order valence-corrected chi connectivity index (χ4v) is 2.97. The van der Waals surface area contributed by atoms with E-state index in [1.807, 2.05) is 6.20 Å². The van der Waals surface area contributed by atoms with Gasteiger partial charge in [-0.25, -0.2) is 0 Å². The summed E-state index contributed by atoms with van der Waals surface area (Å²) in [5.74, 6) is 1.67. The molecule has 1 aliphatic rings. The van der Waals surface area contributed by atoms with E-state index >= 15 is 0 Å². The standard InChI is InChI=1S/C16H26N2/c1-12(2)14-8-16(9-14,11-18-13(3)4)15-6-5-7-17-10-15/h5-7,10,12-14,18H,8-9,11H2,1-4H3. The molecule has 1 fully saturated rings. The van der Waals surface area contributed by atoms with Gasteiger partial charge >= 0.3 is 0 Å². The first kappa shape index (κ1) is 13.5. The van der Waals surface area contributed by atoms with Crippen LogP contribution in [0.4, 0.5) is 0 Å². The van der Waals surface area contributed by atoms with Gasteiger partial charge in [0.15, 0.2) is 0 Å². The lowest BCUT2D eigenvalue weighted by molar-refractivity contribution is 0.0955. The molecule has 0 spiro atoms. The quantitative estimate of drug-likeness (QED) is 0.861. The van der Waals surface area contributed by atoms with Crippen LogP contribution < -0.4 is 5.32 Å². The van der Waals surface area contributed by atoms with Crippen molar-refractivity contribution in [3.63, 3.8) is 0 Å². The second-order valence-corrected chi connectivity index (χ2v) is 6.47. The first-order valence-electron chi connectivity index (χ1n) is 7.17. The summed E-state index contributed by atoms with van der Waals surface area (Å²) in [5, 5.41) is 3.62. The van der Waals surface area contributed by atoms with Gasteiger partial charge in [-0.1, -0.05) is 33.8 Å². The summed E-state index contributed by atoms with van der Waals surface area (Å²) < 4.78 is 0. The van der Waals surface area contributed by atoms with Crippen molar-refractivity contribution in [2.45, 2.75) is 52.0 Å². The molecule has 1 aromatic heterocycles. The van der Waals surface area contributed by atoms with E-state index in [9.17, 15) is 0 Å². The summed E-state index contributed by atoms with van der Waals surface area (Å²) in [4.78, 5) is 4.30. The lowest BCUT2D eigenvalue weighted by atomic mass is 9.56. The van der Waals surface area contributed by atoms with E-state index in [1.54, 1.807) is 0 Å². The van der Waals surface area contributed by atoms with Gasteiger partial charge in [-0.3, -0.25) is 4.98 Å². The van der Waals surface area contributed by atoms with Crippen LogP contribution >= 0.6 is 0 Å². The van der Waals surface area contributed by atoms with Crippen molar-refractivity contribution in [3.8, 4) is 0 Å². The molecule has 1 heterocycles. The van der Waals surface area contributed by atoms with E-state index in [0.717, 1.165) is 18.4 Å². The highest BCUT2D eigenvalue weighted by atomic mass is 14.9. The number of rotatable bonds is 5. The predicted octanol–water partition coefficient (Wildman–Crippen LogP) is 3.38. The van der Waals surface area contributed by atoms with Crippen LogP contribution in [0.2, 0.25) is 0 Å². The molecule has 1 aliphatic carbocycles. The van der Waals surface area contributed by atoms with Gasteiger partial charge in [-0.05, 0) is 36.3 Å². The number of nitrogens with zero attached hydrogens (tertiary/aromatic N) is 1. The summed E-state index contributed by atoms with van der Waals surface area (Å²) in [6.45, 7) is 10.2. The van der Waals surface area contributed by atoms with E-state index in [-0.39, 0.29) is 0 Å². The molecule has 0 atom stereocenters. The molecule has 100 valence electrons. The van der Waals surface area contributed by atoms with Crippen LogP contribution in [0.25, 0.3) is 0 Å². The Bertz CT molecular complexity index is 358. The fraction of sp³-hybridized carbons (Fsp3) is 0.688. The first-order chi connectivity index (χ1) is 8.53. The van der Waals surface area contributed by atoms with Crippen LogP contribution in [0, 0.1) is 11.8 Å². The van der Waals surface area contributed by atoms with Crippen molar-refractivity contribution >= 4 is 0 Å². The third-order valence-electron chi connectivity index (χ3n) is 4.37. The summed E-state index contributed by atoms with van der Waals surface area (Å²) in [6, 6.07) is 4.86. The average molecular weight is 246 g/mol. The number of pyridine rings is 1. The molecule has 0 unspecified atom stereocenters. The van der Waals surface area contributed by atoms with Crippen LogP contribution in [0.3, 0.4) is 0 Å². The molecule has 2 nitrogen and oxygen atoms in total. The molecule has 0 amide bonds. The SMILES string of the molecule is CC(C)NCC1(c2cccnc2)CC(C(C)C)C1. The van der Waals surface area contributed by atoms with Gasteiger partial charge in [0.05, 0.1) is 0 Å². The third kappa shape index (κ3) is 2.74. The smallest absolute Gasteiger partial charge is 0.0306 e. The van der Waals surface area contributed by atoms with E-state index in [4.69, 9.17) is 0 Å². The Hall–Kier alpha value is -0.890. The van der Waals surface area contributed by atoms with E-state index in [1.165, 1.54) is 18.4 Å². The monoisotopic (exact) mass is 246 g/mol. The Morgan fingerprint density at radius 3 is 2.56 bits per heavy atom. The summed E-state index contributed by atoms with van der Waals surface area (Å²) in [6.07, 6.45) is 6.52. The zero-order valence-corrected chi connectivity index (χ0v) is 12.1. The van der Waals surface area contributed by atoms with Crippen LogP contribution in [0.5, 0.6) is 0 Å². The van der Waals surface area contributed by atoms with E-state index < -0.39 is 0 Å². The molecule has 0 aromatic carbocycles. The second kappa shape index (κ2) is 5.40. The molecular weight excluding hydrogens is 220 g/mol. The van der Waals surface area contributed by atoms with E-state index in [2.05, 4.69) is 56.3 Å². The molecule has 2 rings (SSSR count). The second-order valence-electron chi connectivity index (χ2n) is 6.47. The third-order valence-corrected chi connectivity index (χ3v) is 4.37. The molecule has 18 heavy (non-hydrogen) atoms. The highest BCUT2D eigenvalue weighted by Gasteiger charge is 2.46. The van der Waals surface area contributed by atoms with E-state index in [0.29, 0.717) is 11.5 Å². The Morgan fingerprint density at radius 2 is 2.06 bits per heavy atom. The van der Waals surface area contributed by atoms with Gasteiger partial charge in [0, 0.05) is 30.4 Å². The largest absolute Gasteiger partial charge is 0.314 e. The normalized spacial score (nSPS) is 27.6. The van der Waals surface area contributed by atoms with Crippen molar-refractivity contribution in [1.82, 2.24) is 10.3 Å². The van der Waals surface area contributed by atoms with Crippen molar-refractivity contribution in [3.05, 3.63) is 30.1 Å². The molecule has 0 radical (unpaired) electrons. The van der Waals surface area contributed by atoms with Crippen LogP contribution in [-0.2, 0) is 5.41 Å². The molecule has 2 heteroatoms. The summed E-state index contributed by atoms with van der Waals surface area (Å²) in [7, 11) is 0. The van der Waals surface area contributed by atoms with Gasteiger partial charge in [-0.15, -0.1) is 0 Å². The molecule has 0 bridgehead atoms. The lowest BCUT2D eigenvalue weighted by Gasteiger charge is -2.50. The number of hydrogen-bond donors (Lipinski definition) is 1. The Kier molecular flexibility index (Phi) is 4.06. The van der Waals surface area contributed by atoms with Gasteiger partial charge in [0.25, 0.3) is 0 Å². The molecular formula is C16H26N2. The minimum atomic E-state index is 0.327. The maximum atomic E-state index is 4.30. The average Bonchev–Trinajstić information content (AvgIpc) is 2.28. The predicted molar refractivity (Wildman–Crippen MR) is 76.6 cm³/mol. The first-order valence-corrected chi connectivity index (χ1v) is 7.17. The van der Waals surface area contributed by atoms with Crippen molar-refractivity contribution < 1.29 is 0 Å². The number of hydrogen-bond acceptors (Lipinski definition) is 2. The van der Waals surface area contributed by atoms with Crippen molar-refractivity contribution in [1.29, 1.82) is 0 Å². The molecule has 0 aliphatic heterocycles. The zero-order chi connectivity index (χ0) is 13.2. The van der Waals surface area contributed by atoms with Crippen LogP contribution in [-0.4, -0.2) is 17.6 Å². The Labute approximate surface area is 111 Å². The van der Waals surface area contributed by atoms with Gasteiger partial charge in [0.1, 0.15) is 0 Å². The van der Waals surface area contributed by atoms with Crippen molar-refractivity contribution in [2.24, 2.45) is 11.8 Å². The highest BCUT2D eigenvalue weighted by Crippen LogP contribution is 2.50. The molecule has 1 aromatic rings. The minimum absolute atomic E-state index is 0.327. The summed E-state index contributed by atoms with van der Waals surface area (Å²) >= 11 is 0. The number of aromatic nitrogens is 1. The van der Waals surface area contributed by atoms with Gasteiger partial charge in [0.2, 0.25) is 0 Å².